The van der Waals surface area contributed by atoms with Gasteiger partial charge in [-0.3, -0.25) is 37.5 Å². The van der Waals surface area contributed by atoms with E-state index in [0.717, 1.165) is 0 Å². The van der Waals surface area contributed by atoms with Crippen LogP contribution in [0.3, 0.4) is 0 Å². The molecule has 1 aromatic rings. The summed E-state index contributed by atoms with van der Waals surface area (Å²) >= 11 is 0. The van der Waals surface area contributed by atoms with E-state index in [1.807, 2.05) is 27.7 Å². The Balaban J connectivity index is 2.30. The number of hydrogen-bond acceptors (Lipinski definition) is 14. The average Bonchev–Trinajstić information content (AvgIpc) is 3.37. The number of aromatic amines is 1. The van der Waals surface area contributed by atoms with Crippen molar-refractivity contribution in [3.05, 3.63) is 33.1 Å². The summed E-state index contributed by atoms with van der Waals surface area (Å²) in [6, 6.07) is 3.35. The van der Waals surface area contributed by atoms with E-state index in [1.165, 1.54) is 16.8 Å². The number of nitriles is 1. The molecule has 0 aromatic carbocycles. The van der Waals surface area contributed by atoms with Crippen molar-refractivity contribution in [2.45, 2.75) is 125 Å². The highest BCUT2D eigenvalue weighted by molar-refractivity contribution is 7.53. The first-order chi connectivity index (χ1) is 23.2. The molecule has 1 aliphatic rings. The van der Waals surface area contributed by atoms with Crippen LogP contribution in [-0.2, 0) is 46.5 Å². The molecular weight excluding hydrogens is 694 g/mol. The van der Waals surface area contributed by atoms with Gasteiger partial charge in [-0.05, 0) is 82.1 Å². The van der Waals surface area contributed by atoms with Gasteiger partial charge in [0.05, 0.1) is 48.3 Å². The predicted octanol–water partition coefficient (Wildman–Crippen LogP) is 5.59. The third kappa shape index (κ3) is 13.9. The Hall–Kier alpha value is -2.47. The van der Waals surface area contributed by atoms with Gasteiger partial charge in [0.1, 0.15) is 6.23 Å². The van der Waals surface area contributed by atoms with Crippen molar-refractivity contribution in [3.8, 4) is 6.07 Å². The summed E-state index contributed by atoms with van der Waals surface area (Å²) < 4.78 is 57.4. The lowest BCUT2D eigenvalue weighted by Crippen LogP contribution is -2.36. The summed E-state index contributed by atoms with van der Waals surface area (Å²) in [6.45, 7) is 16.9. The quantitative estimate of drug-likeness (QED) is 0.0796. The fourth-order valence-electron chi connectivity index (χ4n) is 4.71. The number of nitrogens with zero attached hydrogens (tertiary/aromatic N) is 3. The van der Waals surface area contributed by atoms with E-state index in [9.17, 15) is 23.7 Å². The molecule has 1 aromatic heterocycles. The lowest BCUT2D eigenvalue weighted by atomic mass is 9.98. The molecule has 0 saturated carbocycles. The Morgan fingerprint density at radius 1 is 1.06 bits per heavy atom. The molecule has 1 N–H and O–H groups in total. The van der Waals surface area contributed by atoms with E-state index < -0.39 is 82.2 Å². The Morgan fingerprint density at radius 2 is 1.62 bits per heavy atom. The Labute approximate surface area is 295 Å². The minimum Gasteiger partial charge on any atom is -0.438 e. The van der Waals surface area contributed by atoms with Gasteiger partial charge >= 0.3 is 25.2 Å². The molecule has 0 bridgehead atoms. The molecule has 0 amide bonds. The lowest BCUT2D eigenvalue weighted by molar-refractivity contribution is -0.162. The zero-order valence-corrected chi connectivity index (χ0v) is 32.6. The first kappa shape index (κ1) is 43.7. The summed E-state index contributed by atoms with van der Waals surface area (Å²) in [5.74, 6) is -1.15. The monoisotopic (exact) mass is 748 g/mol. The van der Waals surface area contributed by atoms with E-state index in [2.05, 4.69) is 15.7 Å². The molecule has 18 heteroatoms. The molecule has 2 rings (SSSR count). The fourth-order valence-corrected chi connectivity index (χ4v) is 7.80. The van der Waals surface area contributed by atoms with Gasteiger partial charge < -0.3 is 23.3 Å². The molecule has 2 heterocycles. The third-order valence-electron chi connectivity index (χ3n) is 7.25. The van der Waals surface area contributed by atoms with Crippen LogP contribution in [0.15, 0.2) is 21.9 Å². The van der Waals surface area contributed by atoms with Crippen molar-refractivity contribution < 1.29 is 46.5 Å². The molecule has 0 radical (unpaired) electrons. The third-order valence-corrected chi connectivity index (χ3v) is 11.3. The van der Waals surface area contributed by atoms with Gasteiger partial charge in [-0.15, -0.1) is 0 Å². The van der Waals surface area contributed by atoms with Crippen LogP contribution >= 0.6 is 16.1 Å². The van der Waals surface area contributed by atoms with E-state index >= 15 is 0 Å². The van der Waals surface area contributed by atoms with Crippen molar-refractivity contribution >= 4 is 28.1 Å². The van der Waals surface area contributed by atoms with Crippen LogP contribution in [0.4, 0.5) is 0 Å². The minimum absolute atomic E-state index is 0.0292. The highest BCUT2D eigenvalue weighted by Crippen LogP contribution is 2.52. The van der Waals surface area contributed by atoms with Crippen molar-refractivity contribution in [1.29, 1.82) is 5.26 Å². The van der Waals surface area contributed by atoms with Gasteiger partial charge in [0.15, 0.2) is 0 Å². The lowest BCUT2D eigenvalue weighted by Gasteiger charge is -2.37. The Bertz CT molecular complexity index is 1420. The van der Waals surface area contributed by atoms with Gasteiger partial charge in [0, 0.05) is 30.8 Å². The normalized spacial score (nSPS) is 19.2. The first-order valence-electron chi connectivity index (χ1n) is 16.6. The summed E-state index contributed by atoms with van der Waals surface area (Å²) in [5.41, 5.74) is -2.85. The van der Waals surface area contributed by atoms with Crippen LogP contribution in [0, 0.1) is 22.2 Å². The van der Waals surface area contributed by atoms with Crippen LogP contribution in [-0.4, -0.2) is 76.8 Å². The SMILES string of the molecule is CC(C)N(C(C)C)P(OCCC#N)O[C@H]1C[C@H](n2ccc(=O)[nH]c2=O)O[C@@H]1CCCP(=O)(OCOC(=O)C(C)(C)C)OCOC(=O)C(C)(C)C. The van der Waals surface area contributed by atoms with Gasteiger partial charge in [0.2, 0.25) is 13.6 Å². The molecule has 0 aliphatic carbocycles. The number of ether oxygens (including phenoxy) is 3. The molecule has 0 spiro atoms. The summed E-state index contributed by atoms with van der Waals surface area (Å²) in [6.07, 6.45) is -0.0471. The second kappa shape index (κ2) is 19.4. The standard InChI is InChI=1S/C32H54N4O12P2/c1-22(2)36(23(3)4)49(44-17-12-15-33)48-25-19-27(35-16-14-26(37)34-30(35)40)47-24(25)13-11-18-50(41,45-20-42-28(38)31(5,6)7)46-21-43-29(39)32(8,9)10/h14,16,22-25,27H,11-13,17-21H2,1-10H3,(H,34,37,40)/t24-,25+,27-,49?/m1/s1. The highest BCUT2D eigenvalue weighted by Gasteiger charge is 2.42. The van der Waals surface area contributed by atoms with E-state index in [-0.39, 0.29) is 50.5 Å². The molecule has 1 aliphatic heterocycles. The number of H-pyrrole nitrogens is 1. The fraction of sp³-hybridized carbons (Fsp3) is 0.781. The molecule has 4 atom stereocenters. The second-order valence-electron chi connectivity index (χ2n) is 14.4. The predicted molar refractivity (Wildman–Crippen MR) is 185 cm³/mol. The molecule has 1 fully saturated rings. The van der Waals surface area contributed by atoms with Crippen LogP contribution in [0.25, 0.3) is 0 Å². The van der Waals surface area contributed by atoms with Crippen LogP contribution < -0.4 is 11.2 Å². The molecule has 284 valence electrons. The molecule has 1 unspecified atom stereocenters. The van der Waals surface area contributed by atoms with Gasteiger partial charge in [-0.1, -0.05) is 0 Å². The summed E-state index contributed by atoms with van der Waals surface area (Å²) in [4.78, 5) is 51.2. The van der Waals surface area contributed by atoms with Crippen molar-refractivity contribution in [2.24, 2.45) is 10.8 Å². The Morgan fingerprint density at radius 3 is 2.10 bits per heavy atom. The second-order valence-corrected chi connectivity index (χ2v) is 18.0. The molecular formula is C32H54N4O12P2. The molecule has 16 nitrogen and oxygen atoms in total. The largest absolute Gasteiger partial charge is 0.438 e. The summed E-state index contributed by atoms with van der Waals surface area (Å²) in [7, 11) is -5.68. The van der Waals surface area contributed by atoms with Crippen LogP contribution in [0.1, 0.15) is 101 Å². The maximum absolute atomic E-state index is 13.8. The van der Waals surface area contributed by atoms with Gasteiger partial charge in [0.25, 0.3) is 14.1 Å². The number of rotatable bonds is 19. The highest BCUT2D eigenvalue weighted by atomic mass is 31.2. The van der Waals surface area contributed by atoms with Gasteiger partial charge in [-0.2, -0.15) is 5.26 Å². The first-order valence-corrected chi connectivity index (χ1v) is 19.5. The van der Waals surface area contributed by atoms with Crippen LogP contribution in [0.2, 0.25) is 0 Å². The number of carbonyl (C=O) groups is 2. The maximum atomic E-state index is 13.8. The number of carbonyl (C=O) groups excluding carboxylic acids is 2. The van der Waals surface area contributed by atoms with Crippen LogP contribution in [0.5, 0.6) is 0 Å². The van der Waals surface area contributed by atoms with E-state index in [1.54, 1.807) is 41.5 Å². The number of aromatic nitrogens is 2. The van der Waals surface area contributed by atoms with Crippen molar-refractivity contribution in [2.75, 3.05) is 26.4 Å². The zero-order valence-electron chi connectivity index (χ0n) is 30.8. The summed E-state index contributed by atoms with van der Waals surface area (Å²) in [5, 5.41) is 9.12. The van der Waals surface area contributed by atoms with E-state index in [0.29, 0.717) is 0 Å². The number of hydrogen-bond donors (Lipinski definition) is 1. The smallest absolute Gasteiger partial charge is 0.336 e. The van der Waals surface area contributed by atoms with Crippen molar-refractivity contribution in [3.63, 3.8) is 0 Å². The minimum atomic E-state index is -3.99. The maximum Gasteiger partial charge on any atom is 0.336 e. The zero-order chi connectivity index (χ0) is 37.9. The topological polar surface area (TPSA) is 198 Å². The number of esters is 2. The van der Waals surface area contributed by atoms with Crippen molar-refractivity contribution in [1.82, 2.24) is 14.2 Å². The molecule has 50 heavy (non-hydrogen) atoms. The molecule has 1 saturated heterocycles. The Kier molecular flexibility index (Phi) is 16.9. The van der Waals surface area contributed by atoms with Gasteiger partial charge in [-0.25, -0.2) is 9.46 Å². The number of nitrogens with one attached hydrogen (secondary N) is 1. The van der Waals surface area contributed by atoms with E-state index in [4.69, 9.17) is 37.6 Å². The average molecular weight is 749 g/mol.